The zero-order valence-electron chi connectivity index (χ0n) is 11.3. The minimum Gasteiger partial charge on any atom is -0.495 e. The van der Waals surface area contributed by atoms with Gasteiger partial charge >= 0.3 is 0 Å². The van der Waals surface area contributed by atoms with Gasteiger partial charge in [0.1, 0.15) is 10.6 Å². The van der Waals surface area contributed by atoms with E-state index in [0.29, 0.717) is 24.1 Å². The average Bonchev–Trinajstić information content (AvgIpc) is 3.04. The lowest BCUT2D eigenvalue weighted by molar-refractivity contribution is 0.396. The Labute approximate surface area is 122 Å². The second kappa shape index (κ2) is 5.42. The molecule has 0 heterocycles. The summed E-state index contributed by atoms with van der Waals surface area (Å²) in [5.41, 5.74) is 0. The van der Waals surface area contributed by atoms with Crippen molar-refractivity contribution in [2.24, 2.45) is 11.8 Å². The van der Waals surface area contributed by atoms with E-state index in [4.69, 9.17) is 4.74 Å². The number of halogens is 1. The van der Waals surface area contributed by atoms with E-state index in [2.05, 4.69) is 22.9 Å². The van der Waals surface area contributed by atoms with Crippen LogP contribution in [0.3, 0.4) is 0 Å². The molecule has 106 valence electrons. The van der Waals surface area contributed by atoms with Crippen molar-refractivity contribution >= 4 is 26.0 Å². The van der Waals surface area contributed by atoms with Gasteiger partial charge in [0.2, 0.25) is 10.0 Å². The predicted octanol–water partition coefficient (Wildman–Crippen LogP) is 2.73. The average molecular weight is 348 g/mol. The van der Waals surface area contributed by atoms with Crippen molar-refractivity contribution in [3.05, 3.63) is 22.7 Å². The first-order valence-electron chi connectivity index (χ1n) is 6.16. The van der Waals surface area contributed by atoms with Gasteiger partial charge in [-0.3, -0.25) is 0 Å². The molecule has 0 spiro atoms. The zero-order valence-corrected chi connectivity index (χ0v) is 13.7. The second-order valence-electron chi connectivity index (χ2n) is 5.05. The molecule has 0 aliphatic heterocycles. The van der Waals surface area contributed by atoms with Crippen LogP contribution in [0, 0.1) is 11.8 Å². The highest BCUT2D eigenvalue weighted by Crippen LogP contribution is 2.39. The molecule has 2 rings (SSSR count). The monoisotopic (exact) mass is 347 g/mol. The Morgan fingerprint density at radius 1 is 1.47 bits per heavy atom. The molecular weight excluding hydrogens is 330 g/mol. The number of methoxy groups -OCH3 is 1. The highest BCUT2D eigenvalue weighted by molar-refractivity contribution is 9.10. The first kappa shape index (κ1) is 14.8. The normalized spacial score (nSPS) is 22.6. The molecule has 2 atom stereocenters. The Balaban J connectivity index is 2.30. The van der Waals surface area contributed by atoms with Gasteiger partial charge in [0.25, 0.3) is 0 Å². The molecule has 0 radical (unpaired) electrons. The fourth-order valence-corrected chi connectivity index (χ4v) is 4.02. The number of ether oxygens (including phenoxy) is 1. The van der Waals surface area contributed by atoms with E-state index < -0.39 is 10.0 Å². The van der Waals surface area contributed by atoms with E-state index in [1.807, 2.05) is 0 Å². The topological polar surface area (TPSA) is 46.6 Å². The van der Waals surface area contributed by atoms with Crippen LogP contribution < -0.4 is 4.74 Å². The van der Waals surface area contributed by atoms with Crippen LogP contribution in [0.15, 0.2) is 27.6 Å². The number of nitrogens with zero attached hydrogens (tertiary/aromatic N) is 1. The lowest BCUT2D eigenvalue weighted by Crippen LogP contribution is -2.29. The number of hydrogen-bond acceptors (Lipinski definition) is 3. The summed E-state index contributed by atoms with van der Waals surface area (Å²) in [6.45, 7) is 2.71. The standard InChI is InChI=1S/C13H18BrNO3S/c1-9-6-10(9)8-15(2)19(16,17)13-7-11(14)4-5-12(13)18-3/h4-5,7,9-10H,6,8H2,1-3H3. The van der Waals surface area contributed by atoms with Gasteiger partial charge < -0.3 is 4.74 Å². The van der Waals surface area contributed by atoms with E-state index in [1.165, 1.54) is 11.4 Å². The molecule has 1 saturated carbocycles. The number of hydrogen-bond donors (Lipinski definition) is 0. The third-order valence-electron chi connectivity index (χ3n) is 3.58. The molecule has 0 saturated heterocycles. The second-order valence-corrected chi connectivity index (χ2v) is 7.98. The van der Waals surface area contributed by atoms with Crippen LogP contribution in [0.25, 0.3) is 0 Å². The Morgan fingerprint density at radius 3 is 2.63 bits per heavy atom. The first-order valence-corrected chi connectivity index (χ1v) is 8.39. The largest absolute Gasteiger partial charge is 0.495 e. The van der Waals surface area contributed by atoms with Crippen molar-refractivity contribution in [1.82, 2.24) is 4.31 Å². The molecule has 1 aromatic carbocycles. The molecule has 2 unspecified atom stereocenters. The van der Waals surface area contributed by atoms with Gasteiger partial charge in [0.15, 0.2) is 0 Å². The van der Waals surface area contributed by atoms with Gasteiger partial charge in [0, 0.05) is 18.1 Å². The summed E-state index contributed by atoms with van der Waals surface area (Å²) in [7, 11) is -0.401. The molecule has 0 bridgehead atoms. The van der Waals surface area contributed by atoms with Crippen molar-refractivity contribution < 1.29 is 13.2 Å². The van der Waals surface area contributed by atoms with E-state index in [-0.39, 0.29) is 4.90 Å². The third-order valence-corrected chi connectivity index (χ3v) is 5.92. The highest BCUT2D eigenvalue weighted by Gasteiger charge is 2.36. The Kier molecular flexibility index (Phi) is 4.23. The Morgan fingerprint density at radius 2 is 2.11 bits per heavy atom. The van der Waals surface area contributed by atoms with Crippen LogP contribution in [-0.2, 0) is 10.0 Å². The van der Waals surface area contributed by atoms with Crippen LogP contribution >= 0.6 is 15.9 Å². The molecule has 0 aromatic heterocycles. The van der Waals surface area contributed by atoms with Crippen molar-refractivity contribution in [1.29, 1.82) is 0 Å². The SMILES string of the molecule is COc1ccc(Br)cc1S(=O)(=O)N(C)CC1CC1C. The van der Waals surface area contributed by atoms with Gasteiger partial charge in [0.05, 0.1) is 7.11 Å². The summed E-state index contributed by atoms with van der Waals surface area (Å²) in [6.07, 6.45) is 1.11. The smallest absolute Gasteiger partial charge is 0.246 e. The highest BCUT2D eigenvalue weighted by atomic mass is 79.9. The van der Waals surface area contributed by atoms with Crippen LogP contribution in [0.2, 0.25) is 0 Å². The Hall–Kier alpha value is -0.590. The molecular formula is C13H18BrNO3S. The molecule has 0 amide bonds. The fourth-order valence-electron chi connectivity index (χ4n) is 2.10. The molecule has 1 aliphatic rings. The summed E-state index contributed by atoms with van der Waals surface area (Å²) in [4.78, 5) is 0.208. The molecule has 6 heteroatoms. The van der Waals surface area contributed by atoms with Crippen molar-refractivity contribution in [2.45, 2.75) is 18.2 Å². The van der Waals surface area contributed by atoms with Crippen molar-refractivity contribution in [3.63, 3.8) is 0 Å². The van der Waals surface area contributed by atoms with Crippen LogP contribution in [0.4, 0.5) is 0 Å². The van der Waals surface area contributed by atoms with Crippen LogP contribution in [0.5, 0.6) is 5.75 Å². The lowest BCUT2D eigenvalue weighted by atomic mass is 10.3. The maximum absolute atomic E-state index is 12.6. The van der Waals surface area contributed by atoms with Gasteiger partial charge in [-0.25, -0.2) is 12.7 Å². The summed E-state index contributed by atoms with van der Waals surface area (Å²) in [5, 5.41) is 0. The fraction of sp³-hybridized carbons (Fsp3) is 0.538. The number of rotatable bonds is 5. The van der Waals surface area contributed by atoms with E-state index in [1.54, 1.807) is 25.2 Å². The molecule has 1 aliphatic carbocycles. The third kappa shape index (κ3) is 3.12. The summed E-state index contributed by atoms with van der Waals surface area (Å²) in [5.74, 6) is 1.49. The van der Waals surface area contributed by atoms with E-state index >= 15 is 0 Å². The quantitative estimate of drug-likeness (QED) is 0.822. The molecule has 4 nitrogen and oxygen atoms in total. The number of sulfonamides is 1. The number of benzene rings is 1. The Bertz CT molecular complexity index is 573. The molecule has 1 aromatic rings. The summed E-state index contributed by atoms with van der Waals surface area (Å²) in [6, 6.07) is 5.01. The van der Waals surface area contributed by atoms with Crippen molar-refractivity contribution in [2.75, 3.05) is 20.7 Å². The molecule has 0 N–H and O–H groups in total. The van der Waals surface area contributed by atoms with Gasteiger partial charge in [-0.05, 0) is 36.5 Å². The minimum atomic E-state index is -3.50. The van der Waals surface area contributed by atoms with E-state index in [0.717, 1.165) is 10.9 Å². The van der Waals surface area contributed by atoms with Gasteiger partial charge in [-0.1, -0.05) is 22.9 Å². The maximum atomic E-state index is 12.6. The van der Waals surface area contributed by atoms with Crippen LogP contribution in [-0.4, -0.2) is 33.4 Å². The first-order chi connectivity index (χ1) is 8.86. The molecule has 19 heavy (non-hydrogen) atoms. The summed E-state index contributed by atoms with van der Waals surface area (Å²) < 4.78 is 32.4. The van der Waals surface area contributed by atoms with E-state index in [9.17, 15) is 8.42 Å². The van der Waals surface area contributed by atoms with Crippen LogP contribution in [0.1, 0.15) is 13.3 Å². The lowest BCUT2D eigenvalue weighted by Gasteiger charge is -2.19. The minimum absolute atomic E-state index is 0.208. The zero-order chi connectivity index (χ0) is 14.2. The van der Waals surface area contributed by atoms with Crippen molar-refractivity contribution in [3.8, 4) is 5.75 Å². The predicted molar refractivity (Wildman–Crippen MR) is 77.8 cm³/mol. The maximum Gasteiger partial charge on any atom is 0.246 e. The summed E-state index contributed by atoms with van der Waals surface area (Å²) >= 11 is 3.30. The molecule has 1 fully saturated rings. The van der Waals surface area contributed by atoms with Gasteiger partial charge in [-0.15, -0.1) is 0 Å². The van der Waals surface area contributed by atoms with Gasteiger partial charge in [-0.2, -0.15) is 0 Å².